The van der Waals surface area contributed by atoms with E-state index < -0.39 is 11.7 Å². The molecular weight excluding hydrogens is 210 g/mol. The van der Waals surface area contributed by atoms with E-state index in [1.54, 1.807) is 0 Å². The van der Waals surface area contributed by atoms with Crippen molar-refractivity contribution < 1.29 is 19.0 Å². The molecule has 94 valence electrons. The summed E-state index contributed by atoms with van der Waals surface area (Å²) >= 11 is 0. The Labute approximate surface area is 96.4 Å². The number of epoxide rings is 1. The first-order valence-electron chi connectivity index (χ1n) is 5.57. The molecule has 0 radical (unpaired) electrons. The topological polar surface area (TPSA) is 60.1 Å². The number of carbonyl (C=O) groups excluding carboxylic acids is 1. The van der Waals surface area contributed by atoms with Crippen LogP contribution in [0.1, 0.15) is 27.7 Å². The van der Waals surface area contributed by atoms with Gasteiger partial charge in [-0.15, -0.1) is 0 Å². The quantitative estimate of drug-likeness (QED) is 0.725. The van der Waals surface area contributed by atoms with Gasteiger partial charge < -0.3 is 19.5 Å². The summed E-state index contributed by atoms with van der Waals surface area (Å²) in [5, 5.41) is 2.66. The predicted octanol–water partition coefficient (Wildman–Crippen LogP) is 1.31. The standard InChI is InChI=1S/C11H21NO4/c1-8(14-6-9-7-15-9)5-12-10(13)16-11(2,3)4/h8-9H,5-7H2,1-4H3,(H,12,13). The third-order valence-corrected chi connectivity index (χ3v) is 1.90. The lowest BCUT2D eigenvalue weighted by Crippen LogP contribution is -2.37. The zero-order valence-corrected chi connectivity index (χ0v) is 10.4. The van der Waals surface area contributed by atoms with Gasteiger partial charge in [-0.1, -0.05) is 0 Å². The molecular formula is C11H21NO4. The average molecular weight is 231 g/mol. The molecule has 0 bridgehead atoms. The number of nitrogens with one attached hydrogen (secondary N) is 1. The predicted molar refractivity (Wildman–Crippen MR) is 59.4 cm³/mol. The third-order valence-electron chi connectivity index (χ3n) is 1.90. The summed E-state index contributed by atoms with van der Waals surface area (Å²) in [5.41, 5.74) is -0.462. The highest BCUT2D eigenvalue weighted by Crippen LogP contribution is 2.10. The lowest BCUT2D eigenvalue weighted by atomic mass is 10.2. The number of alkyl carbamates (subject to hydrolysis) is 1. The Morgan fingerprint density at radius 2 is 2.19 bits per heavy atom. The van der Waals surface area contributed by atoms with Gasteiger partial charge in [0.1, 0.15) is 11.7 Å². The van der Waals surface area contributed by atoms with Crippen LogP contribution in [0.4, 0.5) is 4.79 Å². The Morgan fingerprint density at radius 1 is 1.56 bits per heavy atom. The second-order valence-electron chi connectivity index (χ2n) is 4.98. The van der Waals surface area contributed by atoms with Crippen LogP contribution < -0.4 is 5.32 Å². The van der Waals surface area contributed by atoms with Gasteiger partial charge in [0.05, 0.1) is 19.3 Å². The van der Waals surface area contributed by atoms with Crippen LogP contribution in [-0.4, -0.2) is 43.7 Å². The molecule has 5 nitrogen and oxygen atoms in total. The summed E-state index contributed by atoms with van der Waals surface area (Å²) in [6.07, 6.45) is -0.189. The first-order valence-corrected chi connectivity index (χ1v) is 5.57. The Bertz CT molecular complexity index is 233. The molecule has 1 rings (SSSR count). The molecule has 1 aliphatic heterocycles. The van der Waals surface area contributed by atoms with Crippen LogP contribution in [0.5, 0.6) is 0 Å². The monoisotopic (exact) mass is 231 g/mol. The van der Waals surface area contributed by atoms with Crippen molar-refractivity contribution in [3.63, 3.8) is 0 Å². The van der Waals surface area contributed by atoms with E-state index in [1.165, 1.54) is 0 Å². The summed E-state index contributed by atoms with van der Waals surface area (Å²) in [7, 11) is 0. The number of amides is 1. The highest BCUT2D eigenvalue weighted by molar-refractivity contribution is 5.67. The average Bonchev–Trinajstić information content (AvgIpc) is 2.92. The minimum atomic E-state index is -0.462. The first-order chi connectivity index (χ1) is 7.37. The molecule has 0 aromatic carbocycles. The van der Waals surface area contributed by atoms with Crippen LogP contribution in [0.25, 0.3) is 0 Å². The second-order valence-corrected chi connectivity index (χ2v) is 4.98. The normalized spacial score (nSPS) is 21.4. The minimum Gasteiger partial charge on any atom is -0.444 e. The van der Waals surface area contributed by atoms with Crippen LogP contribution in [0, 0.1) is 0 Å². The van der Waals surface area contributed by atoms with E-state index >= 15 is 0 Å². The summed E-state index contributed by atoms with van der Waals surface area (Å²) in [6.45, 7) is 9.22. The lowest BCUT2D eigenvalue weighted by molar-refractivity contribution is 0.0361. The molecule has 0 aromatic rings. The third kappa shape index (κ3) is 6.63. The molecule has 1 fully saturated rings. The van der Waals surface area contributed by atoms with Crippen LogP contribution in [0.2, 0.25) is 0 Å². The molecule has 5 heteroatoms. The zero-order valence-electron chi connectivity index (χ0n) is 10.4. The Hall–Kier alpha value is -0.810. The maximum absolute atomic E-state index is 11.3. The second kappa shape index (κ2) is 5.50. The minimum absolute atomic E-state index is 0.0308. The highest BCUT2D eigenvalue weighted by atomic mass is 16.6. The lowest BCUT2D eigenvalue weighted by Gasteiger charge is -2.20. The first kappa shape index (κ1) is 13.3. The summed E-state index contributed by atoms with van der Waals surface area (Å²) in [4.78, 5) is 11.3. The van der Waals surface area contributed by atoms with Gasteiger partial charge in [-0.25, -0.2) is 4.79 Å². The van der Waals surface area contributed by atoms with Crippen molar-refractivity contribution in [2.45, 2.75) is 45.5 Å². The Balaban J connectivity index is 2.05. The van der Waals surface area contributed by atoms with Crippen molar-refractivity contribution in [1.29, 1.82) is 0 Å². The van der Waals surface area contributed by atoms with Gasteiger partial charge in [0.15, 0.2) is 0 Å². The van der Waals surface area contributed by atoms with Gasteiger partial charge >= 0.3 is 6.09 Å². The molecule has 1 aliphatic rings. The number of rotatable bonds is 5. The molecule has 0 saturated carbocycles. The van der Waals surface area contributed by atoms with Crippen LogP contribution in [0.3, 0.4) is 0 Å². The molecule has 1 heterocycles. The molecule has 1 amide bonds. The molecule has 16 heavy (non-hydrogen) atoms. The Kier molecular flexibility index (Phi) is 4.56. The molecule has 2 unspecified atom stereocenters. The van der Waals surface area contributed by atoms with Crippen molar-refractivity contribution in [3.8, 4) is 0 Å². The maximum Gasteiger partial charge on any atom is 0.407 e. The fourth-order valence-corrected chi connectivity index (χ4v) is 1.04. The van der Waals surface area contributed by atoms with Crippen LogP contribution in [-0.2, 0) is 14.2 Å². The van der Waals surface area contributed by atoms with Crippen molar-refractivity contribution >= 4 is 6.09 Å². The van der Waals surface area contributed by atoms with Crippen LogP contribution in [0.15, 0.2) is 0 Å². The van der Waals surface area contributed by atoms with Crippen LogP contribution >= 0.6 is 0 Å². The SMILES string of the molecule is CC(CNC(=O)OC(C)(C)C)OCC1CO1. The number of hydrogen-bond donors (Lipinski definition) is 1. The van der Waals surface area contributed by atoms with Gasteiger partial charge in [0.2, 0.25) is 0 Å². The molecule has 0 spiro atoms. The molecule has 2 atom stereocenters. The number of hydrogen-bond acceptors (Lipinski definition) is 4. The van der Waals surface area contributed by atoms with Gasteiger partial charge in [0.25, 0.3) is 0 Å². The fourth-order valence-electron chi connectivity index (χ4n) is 1.04. The van der Waals surface area contributed by atoms with E-state index in [0.717, 1.165) is 6.61 Å². The highest BCUT2D eigenvalue weighted by Gasteiger charge is 2.23. The van der Waals surface area contributed by atoms with E-state index in [2.05, 4.69) is 5.32 Å². The molecule has 1 saturated heterocycles. The largest absolute Gasteiger partial charge is 0.444 e. The van der Waals surface area contributed by atoms with E-state index in [0.29, 0.717) is 13.2 Å². The smallest absolute Gasteiger partial charge is 0.407 e. The van der Waals surface area contributed by atoms with Crippen molar-refractivity contribution in [1.82, 2.24) is 5.32 Å². The van der Waals surface area contributed by atoms with Gasteiger partial charge in [-0.05, 0) is 27.7 Å². The van der Waals surface area contributed by atoms with Crippen molar-refractivity contribution in [3.05, 3.63) is 0 Å². The number of ether oxygens (including phenoxy) is 3. The maximum atomic E-state index is 11.3. The summed E-state index contributed by atoms with van der Waals surface area (Å²) < 4.78 is 15.6. The van der Waals surface area contributed by atoms with Crippen molar-refractivity contribution in [2.24, 2.45) is 0 Å². The summed E-state index contributed by atoms with van der Waals surface area (Å²) in [6, 6.07) is 0. The Morgan fingerprint density at radius 3 is 2.69 bits per heavy atom. The van der Waals surface area contributed by atoms with E-state index in [9.17, 15) is 4.79 Å². The molecule has 1 N–H and O–H groups in total. The number of carbonyl (C=O) groups is 1. The molecule has 0 aliphatic carbocycles. The zero-order chi connectivity index (χ0) is 12.2. The van der Waals surface area contributed by atoms with E-state index in [4.69, 9.17) is 14.2 Å². The van der Waals surface area contributed by atoms with Crippen molar-refractivity contribution in [2.75, 3.05) is 19.8 Å². The van der Waals surface area contributed by atoms with E-state index in [-0.39, 0.29) is 12.2 Å². The fraction of sp³-hybridized carbons (Fsp3) is 0.909. The molecule has 0 aromatic heterocycles. The van der Waals surface area contributed by atoms with Gasteiger partial charge in [-0.3, -0.25) is 0 Å². The van der Waals surface area contributed by atoms with Gasteiger partial charge in [0, 0.05) is 6.54 Å². The van der Waals surface area contributed by atoms with E-state index in [1.807, 2.05) is 27.7 Å². The van der Waals surface area contributed by atoms with Gasteiger partial charge in [-0.2, -0.15) is 0 Å². The summed E-state index contributed by atoms with van der Waals surface area (Å²) in [5.74, 6) is 0.